The zero-order valence-electron chi connectivity index (χ0n) is 34.6. The molecule has 1 saturated heterocycles. The van der Waals surface area contributed by atoms with Gasteiger partial charge in [0.15, 0.2) is 0 Å². The lowest BCUT2D eigenvalue weighted by Crippen LogP contribution is -2.59. The highest BCUT2D eigenvalue weighted by Gasteiger charge is 2.63. The third-order valence-corrected chi connectivity index (χ3v) is 14.2. The summed E-state index contributed by atoms with van der Waals surface area (Å²) in [5.41, 5.74) is 0.914. The molecule has 1 aromatic carbocycles. The molecule has 15 nitrogen and oxygen atoms in total. The Morgan fingerprint density at radius 1 is 1.00 bits per heavy atom. The molecule has 2 aliphatic carbocycles. The molecular formula is C44H54N6O9S. The number of carbonyl (C=O) groups is 4. The topological polar surface area (TPSA) is 206 Å². The fraction of sp³-hybridized carbons (Fsp3) is 0.500. The van der Waals surface area contributed by atoms with Crippen molar-refractivity contribution in [2.75, 3.05) is 6.54 Å². The lowest BCUT2D eigenvalue weighted by Gasteiger charge is -2.32. The van der Waals surface area contributed by atoms with E-state index < -0.39 is 74.1 Å². The standard InChI is InChI=1S/C44H54N6O9S/c1-26(2)58-31-15-13-29(14-16-31)35-21-32(22-36(46-35)34-12-8-9-19-45-34)59-33-23-37-39(51)48-44(41(53)49-60(56,57)43(5)17-18-43)24-30(44)11-7-6-10-27(3)20-28(4)38(47-42(54)55)40(52)50(37)25-33/h7-9,11-16,19,21-22,26-28,30,33,37-38,47H,6,10,17-18,20,23-25H2,1-5H3,(H,48,51)(H,49,53)(H,54,55)/t27-,28+,30+,33+,37-,38-,44+/m0/s1. The van der Waals surface area contributed by atoms with Crippen LogP contribution in [0.15, 0.2) is 72.9 Å². The first-order chi connectivity index (χ1) is 28.5. The van der Waals surface area contributed by atoms with E-state index in [1.807, 2.05) is 76.2 Å². The Labute approximate surface area is 350 Å². The van der Waals surface area contributed by atoms with Gasteiger partial charge in [0.05, 0.1) is 34.5 Å². The molecule has 0 spiro atoms. The molecule has 2 aromatic heterocycles. The predicted octanol–water partition coefficient (Wildman–Crippen LogP) is 5.47. The molecule has 4 amide bonds. The third-order valence-electron chi connectivity index (χ3n) is 12.1. The molecule has 2 saturated carbocycles. The number of carbonyl (C=O) groups excluding carboxylic acids is 3. The number of aromatic nitrogens is 2. The number of nitrogens with one attached hydrogen (secondary N) is 3. The number of sulfonamides is 1. The first-order valence-electron chi connectivity index (χ1n) is 20.7. The first kappa shape index (κ1) is 42.6. The van der Waals surface area contributed by atoms with Crippen LogP contribution >= 0.6 is 0 Å². The maximum atomic E-state index is 14.6. The summed E-state index contributed by atoms with van der Waals surface area (Å²) in [5, 5.41) is 15.2. The molecule has 320 valence electrons. The van der Waals surface area contributed by atoms with E-state index in [1.165, 1.54) is 4.90 Å². The van der Waals surface area contributed by atoms with Crippen molar-refractivity contribution < 1.29 is 42.2 Å². The molecule has 60 heavy (non-hydrogen) atoms. The van der Waals surface area contributed by atoms with Crippen molar-refractivity contribution in [3.63, 3.8) is 0 Å². The third kappa shape index (κ3) is 9.28. The van der Waals surface area contributed by atoms with Gasteiger partial charge >= 0.3 is 6.09 Å². The van der Waals surface area contributed by atoms with Gasteiger partial charge in [-0.1, -0.05) is 32.1 Å². The number of benzene rings is 1. The zero-order chi connectivity index (χ0) is 43.0. The quantitative estimate of drug-likeness (QED) is 0.188. The minimum atomic E-state index is -4.03. The van der Waals surface area contributed by atoms with Crippen LogP contribution in [-0.4, -0.2) is 93.3 Å². The Morgan fingerprint density at radius 3 is 2.40 bits per heavy atom. The highest BCUT2D eigenvalue weighted by molar-refractivity contribution is 7.91. The molecule has 3 fully saturated rings. The number of rotatable bonds is 10. The van der Waals surface area contributed by atoms with E-state index in [2.05, 4.69) is 20.3 Å². The molecule has 16 heteroatoms. The molecule has 0 unspecified atom stereocenters. The van der Waals surface area contributed by atoms with Crippen molar-refractivity contribution >= 4 is 33.8 Å². The smallest absolute Gasteiger partial charge is 0.405 e. The summed E-state index contributed by atoms with van der Waals surface area (Å²) in [6.07, 6.45) is 6.21. The first-order valence-corrected chi connectivity index (χ1v) is 22.2. The van der Waals surface area contributed by atoms with Gasteiger partial charge in [0.1, 0.15) is 35.2 Å². The predicted molar refractivity (Wildman–Crippen MR) is 223 cm³/mol. The Balaban J connectivity index is 1.23. The largest absolute Gasteiger partial charge is 0.491 e. The summed E-state index contributed by atoms with van der Waals surface area (Å²) in [7, 11) is -4.03. The number of amides is 4. The molecular weight excluding hydrogens is 789 g/mol. The van der Waals surface area contributed by atoms with Crippen LogP contribution < -0.4 is 24.8 Å². The van der Waals surface area contributed by atoms with Crippen molar-refractivity contribution in [1.82, 2.24) is 30.2 Å². The molecule has 0 bridgehead atoms. The number of carboxylic acid groups (broad SMARTS) is 1. The van der Waals surface area contributed by atoms with E-state index in [-0.39, 0.29) is 31.4 Å². The van der Waals surface area contributed by atoms with Gasteiger partial charge in [-0.05, 0) is 108 Å². The maximum absolute atomic E-state index is 14.6. The molecule has 0 radical (unpaired) electrons. The number of allylic oxidation sites excluding steroid dienone is 1. The molecule has 7 rings (SSSR count). The number of hydrogen-bond donors (Lipinski definition) is 4. The van der Waals surface area contributed by atoms with Gasteiger partial charge in [0.25, 0.3) is 5.91 Å². The fourth-order valence-electron chi connectivity index (χ4n) is 8.27. The molecule has 2 aliphatic heterocycles. The van der Waals surface area contributed by atoms with Crippen LogP contribution in [0.25, 0.3) is 22.6 Å². The average Bonchev–Trinajstić information content (AvgIpc) is 4.08. The van der Waals surface area contributed by atoms with Crippen LogP contribution in [0, 0.1) is 17.8 Å². The molecule has 4 aliphatic rings. The summed E-state index contributed by atoms with van der Waals surface area (Å²) in [4.78, 5) is 66.0. The van der Waals surface area contributed by atoms with Crippen LogP contribution in [0.1, 0.15) is 79.6 Å². The normalized spacial score (nSPS) is 27.7. The number of nitrogens with zero attached hydrogens (tertiary/aromatic N) is 3. The Hall–Kier alpha value is -5.51. The lowest BCUT2D eigenvalue weighted by molar-refractivity contribution is -0.142. The van der Waals surface area contributed by atoms with Gasteiger partial charge in [0, 0.05) is 36.2 Å². The van der Waals surface area contributed by atoms with Crippen LogP contribution in [0.5, 0.6) is 11.5 Å². The zero-order valence-corrected chi connectivity index (χ0v) is 35.4. The fourth-order valence-corrected chi connectivity index (χ4v) is 9.58. The van der Waals surface area contributed by atoms with Gasteiger partial charge in [-0.3, -0.25) is 24.1 Å². The Kier molecular flexibility index (Phi) is 12.0. The molecule has 3 aromatic rings. The highest BCUT2D eigenvalue weighted by Crippen LogP contribution is 2.47. The van der Waals surface area contributed by atoms with Crippen molar-refractivity contribution in [2.24, 2.45) is 17.8 Å². The summed E-state index contributed by atoms with van der Waals surface area (Å²) < 4.78 is 40.1. The van der Waals surface area contributed by atoms with Gasteiger partial charge in [-0.25, -0.2) is 18.2 Å². The van der Waals surface area contributed by atoms with Crippen molar-refractivity contribution in [2.45, 2.75) is 114 Å². The van der Waals surface area contributed by atoms with E-state index >= 15 is 0 Å². The van der Waals surface area contributed by atoms with Crippen LogP contribution in [0.3, 0.4) is 0 Å². The SMILES string of the molecule is CC(C)Oc1ccc(-c2cc(O[C@@H]3C[C@H]4C(=O)N[C@]5(C(=O)NS(=O)(=O)C6(C)CC6)C[C@H]5C=CCC[C@H](C)C[C@@H](C)[C@H](NC(=O)O)C(=O)N4C3)cc(-c3ccccn3)n2)cc1. The van der Waals surface area contributed by atoms with Crippen LogP contribution in [0.4, 0.5) is 4.79 Å². The van der Waals surface area contributed by atoms with Crippen molar-refractivity contribution in [3.05, 3.63) is 72.9 Å². The lowest BCUT2D eigenvalue weighted by atomic mass is 9.88. The van der Waals surface area contributed by atoms with E-state index in [1.54, 1.807) is 31.3 Å². The summed E-state index contributed by atoms with van der Waals surface area (Å²) in [5.74, 6) is -1.80. The molecule has 4 N–H and O–H groups in total. The Bertz CT molecular complexity index is 2250. The number of fused-ring (bicyclic) bond motifs is 2. The summed E-state index contributed by atoms with van der Waals surface area (Å²) in [6, 6.07) is 14.1. The second-order valence-electron chi connectivity index (χ2n) is 17.4. The van der Waals surface area contributed by atoms with Gasteiger partial charge < -0.3 is 30.1 Å². The Morgan fingerprint density at radius 2 is 1.73 bits per heavy atom. The number of ether oxygens (including phenoxy) is 2. The molecule has 4 heterocycles. The average molecular weight is 843 g/mol. The van der Waals surface area contributed by atoms with E-state index in [0.29, 0.717) is 54.3 Å². The summed E-state index contributed by atoms with van der Waals surface area (Å²) >= 11 is 0. The van der Waals surface area contributed by atoms with Gasteiger partial charge in [0.2, 0.25) is 21.8 Å². The monoisotopic (exact) mass is 842 g/mol. The second-order valence-corrected chi connectivity index (χ2v) is 19.6. The number of hydrogen-bond acceptors (Lipinski definition) is 10. The van der Waals surface area contributed by atoms with E-state index in [0.717, 1.165) is 12.0 Å². The molecule has 7 atom stereocenters. The minimum Gasteiger partial charge on any atom is -0.491 e. The summed E-state index contributed by atoms with van der Waals surface area (Å²) in [6.45, 7) is 9.24. The van der Waals surface area contributed by atoms with Gasteiger partial charge in [-0.15, -0.1) is 0 Å². The van der Waals surface area contributed by atoms with Gasteiger partial charge in [-0.2, -0.15) is 0 Å². The van der Waals surface area contributed by atoms with Crippen LogP contribution in [0.2, 0.25) is 0 Å². The second kappa shape index (κ2) is 16.9. The van der Waals surface area contributed by atoms with E-state index in [4.69, 9.17) is 14.5 Å². The van der Waals surface area contributed by atoms with Crippen molar-refractivity contribution in [1.29, 1.82) is 0 Å². The van der Waals surface area contributed by atoms with Crippen molar-refractivity contribution in [3.8, 4) is 34.1 Å². The highest BCUT2D eigenvalue weighted by atomic mass is 32.2. The van der Waals surface area contributed by atoms with Crippen LogP contribution in [-0.2, 0) is 24.4 Å². The van der Waals surface area contributed by atoms with E-state index in [9.17, 15) is 32.7 Å². The maximum Gasteiger partial charge on any atom is 0.405 e. The minimum absolute atomic E-state index is 0.00434. The number of pyridine rings is 2.